The highest BCUT2D eigenvalue weighted by Crippen LogP contribution is 2.25. The summed E-state index contributed by atoms with van der Waals surface area (Å²) in [5.41, 5.74) is 1.25. The van der Waals surface area contributed by atoms with Crippen LogP contribution in [0.4, 0.5) is 0 Å². The number of nitrogens with one attached hydrogen (secondary N) is 2. The van der Waals surface area contributed by atoms with Gasteiger partial charge in [-0.2, -0.15) is 0 Å². The molecule has 0 saturated carbocycles. The minimum Gasteiger partial charge on any atom is -0.496 e. The molecule has 1 aliphatic heterocycles. The summed E-state index contributed by atoms with van der Waals surface area (Å²) in [7, 11) is 1.74. The lowest BCUT2D eigenvalue weighted by Gasteiger charge is -2.23. The number of rotatable bonds is 4. The Labute approximate surface area is 110 Å². The molecule has 2 rings (SSSR count). The molecule has 1 aromatic carbocycles. The first-order chi connectivity index (χ1) is 8.81. The van der Waals surface area contributed by atoms with Gasteiger partial charge < -0.3 is 15.4 Å². The van der Waals surface area contributed by atoms with Crippen LogP contribution in [0.1, 0.15) is 37.8 Å². The maximum Gasteiger partial charge on any atom is 0.123 e. The van der Waals surface area contributed by atoms with E-state index in [0.29, 0.717) is 12.1 Å². The molecule has 0 aliphatic carbocycles. The Kier molecular flexibility index (Phi) is 5.02. The molecule has 1 aliphatic rings. The number of hydrogen-bond acceptors (Lipinski definition) is 3. The van der Waals surface area contributed by atoms with Crippen LogP contribution in [-0.4, -0.2) is 26.2 Å². The summed E-state index contributed by atoms with van der Waals surface area (Å²) >= 11 is 0. The van der Waals surface area contributed by atoms with E-state index in [4.69, 9.17) is 4.74 Å². The average molecular weight is 248 g/mol. The van der Waals surface area contributed by atoms with Crippen LogP contribution in [0.3, 0.4) is 0 Å². The lowest BCUT2D eigenvalue weighted by atomic mass is 10.0. The third-order valence-corrected chi connectivity index (χ3v) is 3.67. The highest BCUT2D eigenvalue weighted by atomic mass is 16.5. The van der Waals surface area contributed by atoms with Crippen LogP contribution >= 0.6 is 0 Å². The fourth-order valence-corrected chi connectivity index (χ4v) is 2.65. The Bertz CT molecular complexity index is 359. The largest absolute Gasteiger partial charge is 0.496 e. The predicted octanol–water partition coefficient (Wildman–Crippen LogP) is 2.49. The van der Waals surface area contributed by atoms with Crippen molar-refractivity contribution in [3.8, 4) is 5.75 Å². The van der Waals surface area contributed by atoms with E-state index in [1.807, 2.05) is 12.1 Å². The van der Waals surface area contributed by atoms with Crippen molar-refractivity contribution in [3.63, 3.8) is 0 Å². The number of methoxy groups -OCH3 is 1. The lowest BCUT2D eigenvalue weighted by Crippen LogP contribution is -2.32. The summed E-state index contributed by atoms with van der Waals surface area (Å²) in [4.78, 5) is 0. The average Bonchev–Trinajstić information content (AvgIpc) is 2.67. The summed E-state index contributed by atoms with van der Waals surface area (Å²) in [6.45, 7) is 4.49. The zero-order valence-corrected chi connectivity index (χ0v) is 11.4. The zero-order chi connectivity index (χ0) is 12.8. The molecule has 0 radical (unpaired) electrons. The van der Waals surface area contributed by atoms with Crippen molar-refractivity contribution in [2.45, 2.75) is 38.3 Å². The maximum atomic E-state index is 5.43. The van der Waals surface area contributed by atoms with Crippen LogP contribution in [0.2, 0.25) is 0 Å². The van der Waals surface area contributed by atoms with Gasteiger partial charge in [-0.3, -0.25) is 0 Å². The van der Waals surface area contributed by atoms with E-state index in [1.54, 1.807) is 7.11 Å². The van der Waals surface area contributed by atoms with Crippen molar-refractivity contribution in [2.75, 3.05) is 20.2 Å². The van der Waals surface area contributed by atoms with Gasteiger partial charge in [0.25, 0.3) is 0 Å². The molecule has 1 aromatic rings. The minimum absolute atomic E-state index is 0.337. The molecule has 1 heterocycles. The first kappa shape index (κ1) is 13.4. The summed E-state index contributed by atoms with van der Waals surface area (Å²) in [6, 6.07) is 9.22. The first-order valence-corrected chi connectivity index (χ1v) is 6.91. The fourth-order valence-electron chi connectivity index (χ4n) is 2.65. The second-order valence-corrected chi connectivity index (χ2v) is 5.01. The molecule has 2 atom stereocenters. The van der Waals surface area contributed by atoms with Gasteiger partial charge in [0.1, 0.15) is 5.75 Å². The monoisotopic (exact) mass is 248 g/mol. The van der Waals surface area contributed by atoms with Gasteiger partial charge in [0.15, 0.2) is 0 Å². The molecular formula is C15H24N2O. The van der Waals surface area contributed by atoms with Crippen LogP contribution < -0.4 is 15.4 Å². The molecule has 0 aromatic heterocycles. The smallest absolute Gasteiger partial charge is 0.123 e. The standard InChI is InChI=1S/C15H24N2O/c1-12(14-7-3-4-8-15(14)18-2)17-13-6-5-10-16-11-9-13/h3-4,7-8,12-13,16-17H,5-6,9-11H2,1-2H3. The summed E-state index contributed by atoms with van der Waals surface area (Å²) in [5.74, 6) is 0.976. The Morgan fingerprint density at radius 3 is 2.94 bits per heavy atom. The molecular weight excluding hydrogens is 224 g/mol. The second kappa shape index (κ2) is 6.76. The van der Waals surface area contributed by atoms with Crippen LogP contribution in [0.25, 0.3) is 0 Å². The van der Waals surface area contributed by atoms with Crippen LogP contribution in [0.15, 0.2) is 24.3 Å². The molecule has 18 heavy (non-hydrogen) atoms. The molecule has 2 N–H and O–H groups in total. The van der Waals surface area contributed by atoms with E-state index >= 15 is 0 Å². The third-order valence-electron chi connectivity index (χ3n) is 3.67. The molecule has 1 fully saturated rings. The topological polar surface area (TPSA) is 33.3 Å². The Hall–Kier alpha value is -1.06. The lowest BCUT2D eigenvalue weighted by molar-refractivity contribution is 0.384. The Balaban J connectivity index is 1.99. The number of hydrogen-bond donors (Lipinski definition) is 2. The van der Waals surface area contributed by atoms with E-state index < -0.39 is 0 Å². The first-order valence-electron chi connectivity index (χ1n) is 6.91. The third kappa shape index (κ3) is 3.47. The summed E-state index contributed by atoms with van der Waals surface area (Å²) < 4.78 is 5.43. The number of ether oxygens (including phenoxy) is 1. The zero-order valence-electron chi connectivity index (χ0n) is 11.4. The van der Waals surface area contributed by atoms with Crippen molar-refractivity contribution in [2.24, 2.45) is 0 Å². The van der Waals surface area contributed by atoms with Gasteiger partial charge >= 0.3 is 0 Å². The molecule has 0 bridgehead atoms. The Morgan fingerprint density at radius 2 is 2.11 bits per heavy atom. The highest BCUT2D eigenvalue weighted by Gasteiger charge is 2.17. The highest BCUT2D eigenvalue weighted by molar-refractivity contribution is 5.35. The van der Waals surface area contributed by atoms with Gasteiger partial charge in [0.05, 0.1) is 7.11 Å². The van der Waals surface area contributed by atoms with Crippen molar-refractivity contribution in [1.29, 1.82) is 0 Å². The van der Waals surface area contributed by atoms with Crippen LogP contribution in [0.5, 0.6) is 5.75 Å². The SMILES string of the molecule is COc1ccccc1C(C)NC1CCCNCC1. The molecule has 0 amide bonds. The summed E-state index contributed by atoms with van der Waals surface area (Å²) in [6.07, 6.45) is 3.72. The van der Waals surface area contributed by atoms with Gasteiger partial charge in [-0.05, 0) is 45.3 Å². The van der Waals surface area contributed by atoms with E-state index in [9.17, 15) is 0 Å². The van der Waals surface area contributed by atoms with Crippen LogP contribution in [0, 0.1) is 0 Å². The van der Waals surface area contributed by atoms with E-state index in [1.165, 1.54) is 24.8 Å². The molecule has 1 saturated heterocycles. The molecule has 2 unspecified atom stereocenters. The van der Waals surface area contributed by atoms with E-state index in [-0.39, 0.29) is 0 Å². The van der Waals surface area contributed by atoms with Gasteiger partial charge in [-0.25, -0.2) is 0 Å². The van der Waals surface area contributed by atoms with Crippen molar-refractivity contribution in [1.82, 2.24) is 10.6 Å². The molecule has 0 spiro atoms. The predicted molar refractivity (Wildman–Crippen MR) is 75.1 cm³/mol. The van der Waals surface area contributed by atoms with E-state index in [0.717, 1.165) is 18.8 Å². The fraction of sp³-hybridized carbons (Fsp3) is 0.600. The molecule has 3 heteroatoms. The number of benzene rings is 1. The normalized spacial score (nSPS) is 22.2. The van der Waals surface area contributed by atoms with Gasteiger partial charge in [-0.15, -0.1) is 0 Å². The van der Waals surface area contributed by atoms with Crippen molar-refractivity contribution >= 4 is 0 Å². The molecule has 3 nitrogen and oxygen atoms in total. The van der Waals surface area contributed by atoms with Gasteiger partial charge in [0.2, 0.25) is 0 Å². The van der Waals surface area contributed by atoms with E-state index in [2.05, 4.69) is 29.7 Å². The van der Waals surface area contributed by atoms with Gasteiger partial charge in [0, 0.05) is 17.6 Å². The summed E-state index contributed by atoms with van der Waals surface area (Å²) in [5, 5.41) is 7.18. The Morgan fingerprint density at radius 1 is 1.28 bits per heavy atom. The van der Waals surface area contributed by atoms with Crippen molar-refractivity contribution < 1.29 is 4.74 Å². The molecule has 100 valence electrons. The minimum atomic E-state index is 0.337. The second-order valence-electron chi connectivity index (χ2n) is 5.01. The van der Waals surface area contributed by atoms with Gasteiger partial charge in [-0.1, -0.05) is 18.2 Å². The quantitative estimate of drug-likeness (QED) is 0.859. The maximum absolute atomic E-state index is 5.43. The number of para-hydroxylation sites is 1. The van der Waals surface area contributed by atoms with Crippen LogP contribution in [-0.2, 0) is 0 Å². The van der Waals surface area contributed by atoms with Crippen molar-refractivity contribution in [3.05, 3.63) is 29.8 Å².